The molecule has 184 valence electrons. The Morgan fingerprint density at radius 3 is 2.56 bits per heavy atom. The lowest BCUT2D eigenvalue weighted by Crippen LogP contribution is -2.54. The molecule has 0 saturated carbocycles. The van der Waals surface area contributed by atoms with Gasteiger partial charge in [0.15, 0.2) is 5.13 Å². The van der Waals surface area contributed by atoms with Gasteiger partial charge in [0.2, 0.25) is 5.91 Å². The number of nitrogens with one attached hydrogen (secondary N) is 1. The molecule has 2 atom stereocenters. The van der Waals surface area contributed by atoms with Gasteiger partial charge in [0.1, 0.15) is 23.3 Å². The highest BCUT2D eigenvalue weighted by Gasteiger charge is 2.41. The van der Waals surface area contributed by atoms with Gasteiger partial charge in [-0.25, -0.2) is 19.7 Å². The van der Waals surface area contributed by atoms with Gasteiger partial charge in [0, 0.05) is 30.2 Å². The maximum absolute atomic E-state index is 13.7. The number of likely N-dealkylation sites (tertiary alicyclic amines) is 2. The summed E-state index contributed by atoms with van der Waals surface area (Å²) in [7, 11) is 0. The Morgan fingerprint density at radius 1 is 1.09 bits per heavy atom. The van der Waals surface area contributed by atoms with E-state index in [0.29, 0.717) is 31.2 Å². The summed E-state index contributed by atoms with van der Waals surface area (Å²) in [6.07, 6.45) is 5.58. The molecule has 9 nitrogen and oxygen atoms in total. The number of ether oxygens (including phenoxy) is 1. The van der Waals surface area contributed by atoms with Crippen LogP contribution in [0.3, 0.4) is 0 Å². The second-order valence-electron chi connectivity index (χ2n) is 10.0. The lowest BCUT2D eigenvalue weighted by Gasteiger charge is -2.38. The van der Waals surface area contributed by atoms with Gasteiger partial charge < -0.3 is 15.0 Å². The first kappa shape index (κ1) is 24.4. The van der Waals surface area contributed by atoms with Gasteiger partial charge in [-0.2, -0.15) is 0 Å². The number of hydrogen-bond donors (Lipinski definition) is 1. The first-order chi connectivity index (χ1) is 16.1. The van der Waals surface area contributed by atoms with Crippen LogP contribution in [0.5, 0.6) is 0 Å². The highest BCUT2D eigenvalue weighted by atomic mass is 32.1. The van der Waals surface area contributed by atoms with Gasteiger partial charge in [-0.3, -0.25) is 9.69 Å². The van der Waals surface area contributed by atoms with Crippen molar-refractivity contribution >= 4 is 34.3 Å². The summed E-state index contributed by atoms with van der Waals surface area (Å²) >= 11 is 1.56. The Labute approximate surface area is 204 Å². The molecule has 0 spiro atoms. The fraction of sp³-hybridized carbons (Fsp3) is 0.625. The topological polar surface area (TPSA) is 101 Å². The van der Waals surface area contributed by atoms with Crippen LogP contribution in [0.25, 0.3) is 0 Å². The van der Waals surface area contributed by atoms with Crippen LogP contribution in [-0.2, 0) is 9.53 Å². The molecule has 4 heterocycles. The van der Waals surface area contributed by atoms with Crippen molar-refractivity contribution in [1.29, 1.82) is 0 Å². The van der Waals surface area contributed by atoms with Crippen LogP contribution >= 0.6 is 11.3 Å². The van der Waals surface area contributed by atoms with Crippen LogP contribution in [0.4, 0.5) is 15.7 Å². The molecule has 10 heteroatoms. The number of nitrogens with zero attached hydrogens (tertiary/aromatic N) is 5. The summed E-state index contributed by atoms with van der Waals surface area (Å²) in [5.74, 6) is 1.29. The third-order valence-corrected chi connectivity index (χ3v) is 6.84. The predicted molar refractivity (Wildman–Crippen MR) is 131 cm³/mol. The van der Waals surface area contributed by atoms with Crippen molar-refractivity contribution in [1.82, 2.24) is 24.8 Å². The summed E-state index contributed by atoms with van der Waals surface area (Å²) in [6.45, 7) is 10.6. The molecular formula is C24H34N6O3S. The Morgan fingerprint density at radius 2 is 1.85 bits per heavy atom. The summed E-state index contributed by atoms with van der Waals surface area (Å²) in [5, 5.41) is 4.04. The first-order valence-electron chi connectivity index (χ1n) is 12.0. The van der Waals surface area contributed by atoms with Gasteiger partial charge in [-0.15, -0.1) is 11.3 Å². The number of thiazole rings is 1. The zero-order valence-electron chi connectivity index (χ0n) is 20.6. The van der Waals surface area contributed by atoms with E-state index < -0.39 is 17.7 Å². The van der Waals surface area contributed by atoms with Crippen LogP contribution < -0.4 is 5.32 Å². The molecule has 2 fully saturated rings. The fourth-order valence-electron chi connectivity index (χ4n) is 4.60. The molecule has 2 aliphatic rings. The van der Waals surface area contributed by atoms with E-state index in [2.05, 4.69) is 20.3 Å². The van der Waals surface area contributed by atoms with Gasteiger partial charge in [-0.05, 0) is 66.7 Å². The summed E-state index contributed by atoms with van der Waals surface area (Å²) in [4.78, 5) is 44.8. The maximum atomic E-state index is 13.7. The van der Waals surface area contributed by atoms with Crippen molar-refractivity contribution in [2.24, 2.45) is 0 Å². The fourth-order valence-corrected chi connectivity index (χ4v) is 5.28. The Balaban J connectivity index is 1.54. The molecule has 2 aromatic heterocycles. The van der Waals surface area contributed by atoms with Crippen LogP contribution in [-0.4, -0.2) is 61.5 Å². The number of aromatic nitrogens is 3. The molecule has 2 amide bonds. The largest absolute Gasteiger partial charge is 0.444 e. The van der Waals surface area contributed by atoms with E-state index in [9.17, 15) is 9.59 Å². The van der Waals surface area contributed by atoms with E-state index in [1.165, 1.54) is 0 Å². The van der Waals surface area contributed by atoms with E-state index >= 15 is 0 Å². The SMILES string of the molecule is Cc1nc(Nc2ncc(C)s2)cc(C2CCCN2C(=O)C2CCCCN2C(=O)OC(C)(C)C)n1. The lowest BCUT2D eigenvalue weighted by atomic mass is 10.0. The molecule has 2 saturated heterocycles. The number of aryl methyl sites for hydroxylation is 2. The molecule has 1 N–H and O–H groups in total. The molecule has 0 aliphatic carbocycles. The molecule has 2 aliphatic heterocycles. The van der Waals surface area contributed by atoms with E-state index in [0.717, 1.165) is 41.4 Å². The Hall–Kier alpha value is -2.75. The minimum atomic E-state index is -0.601. The van der Waals surface area contributed by atoms with Crippen molar-refractivity contribution in [2.45, 2.75) is 84.4 Å². The standard InChI is InChI=1S/C24H34N6O3S/c1-15-14-25-22(34-15)28-20-13-17(26-16(2)27-20)18-10-8-12-29(18)21(31)19-9-6-7-11-30(19)23(32)33-24(3,4)5/h13-14,18-19H,6-12H2,1-5H3,(H,25,26,27,28). The molecule has 34 heavy (non-hydrogen) atoms. The van der Waals surface area contributed by atoms with Gasteiger partial charge in [0.05, 0.1) is 11.7 Å². The van der Waals surface area contributed by atoms with E-state index in [-0.39, 0.29) is 11.9 Å². The molecule has 0 radical (unpaired) electrons. The Bertz CT molecular complexity index is 1050. The number of amides is 2. The van der Waals surface area contributed by atoms with Crippen molar-refractivity contribution in [3.8, 4) is 0 Å². The third kappa shape index (κ3) is 5.65. The van der Waals surface area contributed by atoms with Crippen LogP contribution in [0, 0.1) is 13.8 Å². The van der Waals surface area contributed by atoms with E-state index in [1.54, 1.807) is 16.2 Å². The second kappa shape index (κ2) is 9.85. The normalized spacial score (nSPS) is 21.0. The molecule has 0 aromatic carbocycles. The van der Waals surface area contributed by atoms with Crippen LogP contribution in [0.15, 0.2) is 12.3 Å². The third-order valence-electron chi connectivity index (χ3n) is 6.01. The molecule has 2 unspecified atom stereocenters. The lowest BCUT2D eigenvalue weighted by molar-refractivity contribution is -0.139. The minimum absolute atomic E-state index is 0.0191. The van der Waals surface area contributed by atoms with Crippen molar-refractivity contribution in [3.63, 3.8) is 0 Å². The number of anilines is 2. The number of hydrogen-bond acceptors (Lipinski definition) is 8. The molecule has 4 rings (SSSR count). The van der Waals surface area contributed by atoms with Gasteiger partial charge in [-0.1, -0.05) is 0 Å². The molecular weight excluding hydrogens is 452 g/mol. The monoisotopic (exact) mass is 486 g/mol. The summed E-state index contributed by atoms with van der Waals surface area (Å²) in [6, 6.07) is 1.27. The number of carbonyl (C=O) groups excluding carboxylic acids is 2. The number of piperidine rings is 1. The predicted octanol–water partition coefficient (Wildman–Crippen LogP) is 4.75. The second-order valence-corrected chi connectivity index (χ2v) is 11.2. The van der Waals surface area contributed by atoms with Gasteiger partial charge >= 0.3 is 6.09 Å². The zero-order valence-corrected chi connectivity index (χ0v) is 21.4. The summed E-state index contributed by atoms with van der Waals surface area (Å²) < 4.78 is 5.60. The smallest absolute Gasteiger partial charge is 0.410 e. The highest BCUT2D eigenvalue weighted by molar-refractivity contribution is 7.15. The quantitative estimate of drug-likeness (QED) is 0.666. The van der Waals surface area contributed by atoms with Crippen molar-refractivity contribution in [3.05, 3.63) is 28.7 Å². The Kier molecular flexibility index (Phi) is 7.06. The number of carbonyl (C=O) groups is 2. The molecule has 2 aromatic rings. The van der Waals surface area contributed by atoms with Crippen LogP contribution in [0.2, 0.25) is 0 Å². The van der Waals surface area contributed by atoms with Crippen molar-refractivity contribution in [2.75, 3.05) is 18.4 Å². The average molecular weight is 487 g/mol. The van der Waals surface area contributed by atoms with Crippen LogP contribution in [0.1, 0.15) is 75.3 Å². The first-order valence-corrected chi connectivity index (χ1v) is 12.8. The maximum Gasteiger partial charge on any atom is 0.410 e. The highest BCUT2D eigenvalue weighted by Crippen LogP contribution is 2.35. The minimum Gasteiger partial charge on any atom is -0.444 e. The zero-order chi connectivity index (χ0) is 24.5. The number of rotatable bonds is 4. The van der Waals surface area contributed by atoms with Crippen molar-refractivity contribution < 1.29 is 14.3 Å². The average Bonchev–Trinajstić information content (AvgIpc) is 3.41. The van der Waals surface area contributed by atoms with E-state index in [1.807, 2.05) is 51.8 Å². The summed E-state index contributed by atoms with van der Waals surface area (Å²) in [5.41, 5.74) is 0.213. The van der Waals surface area contributed by atoms with Gasteiger partial charge in [0.25, 0.3) is 0 Å². The van der Waals surface area contributed by atoms with E-state index in [4.69, 9.17) is 4.74 Å². The molecule has 0 bridgehead atoms.